The fourth-order valence-corrected chi connectivity index (χ4v) is 4.56. The van der Waals surface area contributed by atoms with Gasteiger partial charge in [-0.05, 0) is 68.6 Å². The third-order valence-electron chi connectivity index (χ3n) is 4.87. The number of sulfonamides is 1. The summed E-state index contributed by atoms with van der Waals surface area (Å²) < 4.78 is 32.9. The molecular weight excluding hydrogens is 362 g/mol. The highest BCUT2D eigenvalue weighted by Crippen LogP contribution is 2.19. The van der Waals surface area contributed by atoms with E-state index in [0.717, 1.165) is 43.9 Å². The van der Waals surface area contributed by atoms with Gasteiger partial charge >= 0.3 is 0 Å². The molecule has 2 heterocycles. The van der Waals surface area contributed by atoms with Crippen molar-refractivity contribution >= 4 is 10.0 Å². The zero-order valence-corrected chi connectivity index (χ0v) is 16.7. The van der Waals surface area contributed by atoms with E-state index in [1.54, 1.807) is 31.4 Å². The molecule has 1 saturated heterocycles. The van der Waals surface area contributed by atoms with Gasteiger partial charge in [-0.15, -0.1) is 0 Å². The lowest BCUT2D eigenvalue weighted by Gasteiger charge is -2.32. The number of nitrogens with zero attached hydrogens (tertiary/aromatic N) is 2. The van der Waals surface area contributed by atoms with Crippen LogP contribution < -0.4 is 9.46 Å². The van der Waals surface area contributed by atoms with Crippen LogP contribution in [0, 0.1) is 12.8 Å². The number of ether oxygens (including phenoxy) is 1. The maximum Gasteiger partial charge on any atom is 0.240 e. The lowest BCUT2D eigenvalue weighted by Crippen LogP contribution is -2.40. The number of likely N-dealkylation sites (tertiary alicyclic amines) is 1. The zero-order valence-electron chi connectivity index (χ0n) is 15.9. The number of benzene rings is 1. The fourth-order valence-electron chi connectivity index (χ4n) is 3.44. The van der Waals surface area contributed by atoms with Crippen LogP contribution in [0.15, 0.2) is 47.4 Å². The minimum absolute atomic E-state index is 0.264. The third kappa shape index (κ3) is 5.51. The first kappa shape index (κ1) is 19.8. The van der Waals surface area contributed by atoms with Crippen LogP contribution in [-0.2, 0) is 16.6 Å². The molecule has 0 saturated carbocycles. The van der Waals surface area contributed by atoms with Crippen LogP contribution in [0.3, 0.4) is 0 Å². The Labute approximate surface area is 161 Å². The predicted molar refractivity (Wildman–Crippen MR) is 105 cm³/mol. The van der Waals surface area contributed by atoms with E-state index in [1.165, 1.54) is 0 Å². The van der Waals surface area contributed by atoms with Gasteiger partial charge in [-0.2, -0.15) is 0 Å². The second kappa shape index (κ2) is 8.82. The molecule has 1 aliphatic rings. The molecule has 0 bridgehead atoms. The highest BCUT2D eigenvalue weighted by Gasteiger charge is 2.23. The molecule has 6 nitrogen and oxygen atoms in total. The lowest BCUT2D eigenvalue weighted by molar-refractivity contribution is 0.167. The summed E-state index contributed by atoms with van der Waals surface area (Å²) in [5.41, 5.74) is 2.09. The zero-order chi connectivity index (χ0) is 19.3. The minimum atomic E-state index is -3.50. The second-order valence-corrected chi connectivity index (χ2v) is 8.81. The summed E-state index contributed by atoms with van der Waals surface area (Å²) >= 11 is 0. The Morgan fingerprint density at radius 1 is 1.22 bits per heavy atom. The molecule has 27 heavy (non-hydrogen) atoms. The van der Waals surface area contributed by atoms with Crippen LogP contribution in [0.1, 0.15) is 24.2 Å². The number of rotatable bonds is 7. The first-order valence-corrected chi connectivity index (χ1v) is 10.7. The molecule has 0 aliphatic carbocycles. The molecular formula is C20H27N3O3S. The Morgan fingerprint density at radius 2 is 2.00 bits per heavy atom. The van der Waals surface area contributed by atoms with Crippen LogP contribution in [-0.4, -0.2) is 45.0 Å². The average molecular weight is 390 g/mol. The van der Waals surface area contributed by atoms with Gasteiger partial charge in [0.25, 0.3) is 0 Å². The van der Waals surface area contributed by atoms with Crippen molar-refractivity contribution in [3.05, 3.63) is 53.9 Å². The summed E-state index contributed by atoms with van der Waals surface area (Å²) in [6, 6.07) is 12.5. The van der Waals surface area contributed by atoms with Crippen LogP contribution in [0.4, 0.5) is 0 Å². The van der Waals surface area contributed by atoms with E-state index < -0.39 is 10.0 Å². The van der Waals surface area contributed by atoms with Gasteiger partial charge in [0.05, 0.1) is 17.7 Å². The number of methoxy groups -OCH3 is 1. The Balaban J connectivity index is 1.55. The number of hydrogen-bond acceptors (Lipinski definition) is 5. The third-order valence-corrected chi connectivity index (χ3v) is 6.31. The van der Waals surface area contributed by atoms with Gasteiger partial charge in [-0.25, -0.2) is 13.1 Å². The Kier molecular flexibility index (Phi) is 6.46. The lowest BCUT2D eigenvalue weighted by atomic mass is 9.98. The quantitative estimate of drug-likeness (QED) is 0.788. The van der Waals surface area contributed by atoms with Crippen LogP contribution in [0.2, 0.25) is 0 Å². The minimum Gasteiger partial charge on any atom is -0.497 e. The summed E-state index contributed by atoms with van der Waals surface area (Å²) in [7, 11) is -1.94. The standard InChI is InChI=1S/C20H27N3O3S/c1-16-5-3-7-18(22-16)15-23-12-4-6-17(14-23)13-21-27(24,25)20-10-8-19(26-2)9-11-20/h3,5,7-11,17,21H,4,6,12-15H2,1-2H3. The van der Waals surface area contributed by atoms with E-state index in [2.05, 4.69) is 14.6 Å². The van der Waals surface area contributed by atoms with E-state index in [9.17, 15) is 8.42 Å². The molecule has 0 radical (unpaired) electrons. The molecule has 0 amide bonds. The molecule has 3 rings (SSSR count). The number of piperidine rings is 1. The van der Waals surface area contributed by atoms with E-state index >= 15 is 0 Å². The molecule has 1 aromatic carbocycles. The predicted octanol–water partition coefficient (Wildman–Crippen LogP) is 2.59. The monoisotopic (exact) mass is 389 g/mol. The van der Waals surface area contributed by atoms with Gasteiger partial charge in [0, 0.05) is 25.3 Å². The van der Waals surface area contributed by atoms with Crippen LogP contribution in [0.25, 0.3) is 0 Å². The van der Waals surface area contributed by atoms with E-state index in [4.69, 9.17) is 4.74 Å². The molecule has 146 valence electrons. The molecule has 7 heteroatoms. The molecule has 1 unspecified atom stereocenters. The second-order valence-electron chi connectivity index (χ2n) is 7.04. The van der Waals surface area contributed by atoms with E-state index in [0.29, 0.717) is 18.2 Å². The van der Waals surface area contributed by atoms with Crippen molar-refractivity contribution in [1.29, 1.82) is 0 Å². The molecule has 1 aromatic heterocycles. The largest absolute Gasteiger partial charge is 0.497 e. The average Bonchev–Trinajstić information content (AvgIpc) is 2.67. The fraction of sp³-hybridized carbons (Fsp3) is 0.450. The van der Waals surface area contributed by atoms with Gasteiger partial charge in [0.2, 0.25) is 10.0 Å². The van der Waals surface area contributed by atoms with Crippen LogP contribution >= 0.6 is 0 Å². The molecule has 2 aromatic rings. The van der Waals surface area contributed by atoms with E-state index in [1.807, 2.05) is 25.1 Å². The summed E-state index contributed by atoms with van der Waals surface area (Å²) in [6.45, 7) is 5.16. The Bertz CT molecular complexity index is 853. The van der Waals surface area contributed by atoms with Crippen molar-refractivity contribution in [2.45, 2.75) is 31.2 Å². The molecule has 0 spiro atoms. The van der Waals surface area contributed by atoms with E-state index in [-0.39, 0.29) is 4.90 Å². The Hall–Kier alpha value is -1.96. The number of aryl methyl sites for hydroxylation is 1. The number of aromatic nitrogens is 1. The number of hydrogen-bond donors (Lipinski definition) is 1. The van der Waals surface area contributed by atoms with Crippen molar-refractivity contribution in [2.75, 3.05) is 26.7 Å². The first-order chi connectivity index (χ1) is 13.0. The molecule has 1 fully saturated rings. The smallest absolute Gasteiger partial charge is 0.240 e. The maximum absolute atomic E-state index is 12.5. The normalized spacial score (nSPS) is 18.4. The number of nitrogens with one attached hydrogen (secondary N) is 1. The molecule has 1 N–H and O–H groups in total. The highest BCUT2D eigenvalue weighted by molar-refractivity contribution is 7.89. The summed E-state index contributed by atoms with van der Waals surface area (Å²) in [5.74, 6) is 0.943. The van der Waals surface area contributed by atoms with Crippen molar-refractivity contribution in [3.8, 4) is 5.75 Å². The summed E-state index contributed by atoms with van der Waals surface area (Å²) in [6.07, 6.45) is 2.10. The maximum atomic E-state index is 12.5. The van der Waals surface area contributed by atoms with Gasteiger partial charge in [0.15, 0.2) is 0 Å². The molecule has 1 aliphatic heterocycles. The van der Waals surface area contributed by atoms with Gasteiger partial charge in [-0.1, -0.05) is 6.07 Å². The van der Waals surface area contributed by atoms with Crippen molar-refractivity contribution in [3.63, 3.8) is 0 Å². The van der Waals surface area contributed by atoms with Crippen molar-refractivity contribution in [2.24, 2.45) is 5.92 Å². The SMILES string of the molecule is COc1ccc(S(=O)(=O)NCC2CCCN(Cc3cccc(C)n3)C2)cc1. The van der Waals surface area contributed by atoms with Crippen molar-refractivity contribution in [1.82, 2.24) is 14.6 Å². The number of pyridine rings is 1. The first-order valence-electron chi connectivity index (χ1n) is 9.25. The summed E-state index contributed by atoms with van der Waals surface area (Å²) in [5, 5.41) is 0. The van der Waals surface area contributed by atoms with Gasteiger partial charge in [-0.3, -0.25) is 9.88 Å². The van der Waals surface area contributed by atoms with Crippen molar-refractivity contribution < 1.29 is 13.2 Å². The Morgan fingerprint density at radius 3 is 2.70 bits per heavy atom. The topological polar surface area (TPSA) is 71.5 Å². The van der Waals surface area contributed by atoms with Crippen LogP contribution in [0.5, 0.6) is 5.75 Å². The highest BCUT2D eigenvalue weighted by atomic mass is 32.2. The van der Waals surface area contributed by atoms with Gasteiger partial charge in [0.1, 0.15) is 5.75 Å². The van der Waals surface area contributed by atoms with Gasteiger partial charge < -0.3 is 4.74 Å². The summed E-state index contributed by atoms with van der Waals surface area (Å²) in [4.78, 5) is 7.19. The molecule has 1 atom stereocenters.